The highest BCUT2D eigenvalue weighted by Gasteiger charge is 2.50. The van der Waals surface area contributed by atoms with Gasteiger partial charge in [-0.25, -0.2) is 4.98 Å². The molecule has 1 spiro atoms. The van der Waals surface area contributed by atoms with Gasteiger partial charge in [0.2, 0.25) is 5.95 Å². The highest BCUT2D eigenvalue weighted by molar-refractivity contribution is 7.99. The summed E-state index contributed by atoms with van der Waals surface area (Å²) < 4.78 is 2.26. The van der Waals surface area contributed by atoms with Crippen molar-refractivity contribution in [2.45, 2.75) is 15.2 Å². The maximum atomic E-state index is 5.35. The van der Waals surface area contributed by atoms with Gasteiger partial charge in [0.05, 0.1) is 16.4 Å². The lowest BCUT2D eigenvalue weighted by molar-refractivity contribution is 0.723. The first-order valence-corrected chi connectivity index (χ1v) is 20.1. The van der Waals surface area contributed by atoms with E-state index in [9.17, 15) is 0 Å². The SMILES string of the molecule is c1ccc(-c2cccc(-c3nc(-c4ccccc4)nc(-n4c5ccccc5c5cc6c(cc54)C4(c5ccccc5Sc5ccccc54)c4ccccc4-6)n3)c2)cc1. The summed E-state index contributed by atoms with van der Waals surface area (Å²) in [5, 5.41) is 2.32. The van der Waals surface area contributed by atoms with E-state index in [2.05, 4.69) is 174 Å². The highest BCUT2D eigenvalue weighted by atomic mass is 32.2. The van der Waals surface area contributed by atoms with Crippen molar-refractivity contribution in [2.24, 2.45) is 0 Å². The normalized spacial score (nSPS) is 13.3. The van der Waals surface area contributed by atoms with Crippen molar-refractivity contribution in [3.8, 4) is 51.0 Å². The van der Waals surface area contributed by atoms with Crippen molar-refractivity contribution in [1.29, 1.82) is 0 Å². The van der Waals surface area contributed by atoms with E-state index in [-0.39, 0.29) is 0 Å². The van der Waals surface area contributed by atoms with Crippen molar-refractivity contribution >= 4 is 33.6 Å². The summed E-state index contributed by atoms with van der Waals surface area (Å²) in [6.45, 7) is 0. The number of fused-ring (bicyclic) bond motifs is 12. The molecule has 4 nitrogen and oxygen atoms in total. The Hall–Kier alpha value is -7.08. The molecule has 0 fully saturated rings. The molecule has 0 amide bonds. The zero-order chi connectivity index (χ0) is 37.5. The number of benzene rings is 8. The Morgan fingerprint density at radius 2 is 0.947 bits per heavy atom. The molecule has 0 saturated heterocycles. The van der Waals surface area contributed by atoms with Crippen molar-refractivity contribution in [3.05, 3.63) is 216 Å². The molecule has 1 aliphatic heterocycles. The Kier molecular flexibility index (Phi) is 7.04. The van der Waals surface area contributed by atoms with Crippen LogP contribution in [0.5, 0.6) is 0 Å². The Bertz CT molecular complexity index is 3180. The van der Waals surface area contributed by atoms with Crippen molar-refractivity contribution < 1.29 is 0 Å². The van der Waals surface area contributed by atoms with Gasteiger partial charge in [-0.1, -0.05) is 169 Å². The molecular weight excluding hydrogens is 713 g/mol. The minimum atomic E-state index is -0.503. The van der Waals surface area contributed by atoms with Crippen molar-refractivity contribution in [2.75, 3.05) is 0 Å². The average Bonchev–Trinajstić information content (AvgIpc) is 3.76. The Morgan fingerprint density at radius 1 is 0.368 bits per heavy atom. The lowest BCUT2D eigenvalue weighted by Gasteiger charge is -2.39. The summed E-state index contributed by atoms with van der Waals surface area (Å²) >= 11 is 1.87. The number of hydrogen-bond acceptors (Lipinski definition) is 4. The molecule has 57 heavy (non-hydrogen) atoms. The van der Waals surface area contributed by atoms with Crippen LogP contribution in [0.15, 0.2) is 204 Å². The van der Waals surface area contributed by atoms with Crippen LogP contribution in [0.25, 0.3) is 72.8 Å². The van der Waals surface area contributed by atoms with Gasteiger partial charge in [-0.2, -0.15) is 9.97 Å². The molecule has 12 rings (SSSR count). The minimum Gasteiger partial charge on any atom is -0.278 e. The van der Waals surface area contributed by atoms with E-state index in [1.165, 1.54) is 43.2 Å². The van der Waals surface area contributed by atoms with Crippen LogP contribution < -0.4 is 0 Å². The van der Waals surface area contributed by atoms with E-state index in [4.69, 9.17) is 15.0 Å². The van der Waals surface area contributed by atoms with Crippen LogP contribution in [0, 0.1) is 0 Å². The third-order valence-corrected chi connectivity index (χ3v) is 12.9. The molecule has 8 aromatic carbocycles. The molecule has 0 atom stereocenters. The van der Waals surface area contributed by atoms with Crippen LogP contribution in [-0.2, 0) is 5.41 Å². The Morgan fingerprint density at radius 3 is 1.70 bits per heavy atom. The monoisotopic (exact) mass is 744 g/mol. The van der Waals surface area contributed by atoms with Gasteiger partial charge in [0.1, 0.15) is 0 Å². The van der Waals surface area contributed by atoms with Gasteiger partial charge in [0.25, 0.3) is 0 Å². The summed E-state index contributed by atoms with van der Waals surface area (Å²) in [6, 6.07) is 69.6. The van der Waals surface area contributed by atoms with Crippen LogP contribution in [0.4, 0.5) is 0 Å². The number of aromatic nitrogens is 4. The molecular formula is C52H32N4S. The van der Waals surface area contributed by atoms with E-state index in [0.29, 0.717) is 17.6 Å². The summed E-state index contributed by atoms with van der Waals surface area (Å²) in [6.07, 6.45) is 0. The molecule has 0 saturated carbocycles. The van der Waals surface area contributed by atoms with Gasteiger partial charge < -0.3 is 0 Å². The second kappa shape index (κ2) is 12.5. The fourth-order valence-corrected chi connectivity index (χ4v) is 10.5. The average molecular weight is 745 g/mol. The topological polar surface area (TPSA) is 43.6 Å². The summed E-state index contributed by atoms with van der Waals surface area (Å²) in [4.78, 5) is 18.4. The van der Waals surface area contributed by atoms with Crippen LogP contribution in [-0.4, -0.2) is 19.5 Å². The lowest BCUT2D eigenvalue weighted by Crippen LogP contribution is -2.31. The largest absolute Gasteiger partial charge is 0.278 e. The van der Waals surface area contributed by atoms with E-state index < -0.39 is 5.41 Å². The standard InChI is InChI=1S/C52H32N4S/c1-3-16-33(17-4-1)35-20-15-21-36(30-35)50-53-49(34-18-5-2-6-19-34)54-51(55-50)56-45-27-12-8-23-38(45)40-31-39-37-22-7-9-24-41(37)52(44(39)32-46(40)56)42-25-10-13-28-47(42)57-48-29-14-11-26-43(48)52/h1-32H. The predicted molar refractivity (Wildman–Crippen MR) is 232 cm³/mol. The highest BCUT2D eigenvalue weighted by Crippen LogP contribution is 2.62. The zero-order valence-corrected chi connectivity index (χ0v) is 31.5. The van der Waals surface area contributed by atoms with Gasteiger partial charge in [-0.15, -0.1) is 0 Å². The number of hydrogen-bond donors (Lipinski definition) is 0. The molecule has 2 aliphatic rings. The second-order valence-corrected chi connectivity index (χ2v) is 15.8. The summed E-state index contributed by atoms with van der Waals surface area (Å²) in [5.74, 6) is 1.84. The molecule has 0 N–H and O–H groups in total. The lowest BCUT2D eigenvalue weighted by atomic mass is 9.67. The molecule has 5 heteroatoms. The molecule has 10 aromatic rings. The third kappa shape index (κ3) is 4.73. The van der Waals surface area contributed by atoms with Crippen molar-refractivity contribution in [1.82, 2.24) is 19.5 Å². The Labute approximate surface area is 334 Å². The van der Waals surface area contributed by atoms with Crippen LogP contribution in [0.2, 0.25) is 0 Å². The summed E-state index contributed by atoms with van der Waals surface area (Å²) in [5.41, 5.74) is 13.5. The molecule has 3 heterocycles. The van der Waals surface area contributed by atoms with Crippen LogP contribution in [0.3, 0.4) is 0 Å². The number of rotatable bonds is 4. The molecule has 0 bridgehead atoms. The van der Waals surface area contributed by atoms with Crippen LogP contribution in [0.1, 0.15) is 22.3 Å². The molecule has 1 aliphatic carbocycles. The first kappa shape index (κ1) is 32.2. The maximum absolute atomic E-state index is 5.35. The van der Waals surface area contributed by atoms with E-state index in [1.54, 1.807) is 0 Å². The van der Waals surface area contributed by atoms with E-state index >= 15 is 0 Å². The van der Waals surface area contributed by atoms with Gasteiger partial charge in [0, 0.05) is 31.7 Å². The Balaban J connectivity index is 1.17. The van der Waals surface area contributed by atoms with Gasteiger partial charge >= 0.3 is 0 Å². The molecule has 0 radical (unpaired) electrons. The van der Waals surface area contributed by atoms with Gasteiger partial charge in [0.15, 0.2) is 11.6 Å². The fourth-order valence-electron chi connectivity index (χ4n) is 9.31. The molecule has 266 valence electrons. The molecule has 0 unspecified atom stereocenters. The van der Waals surface area contributed by atoms with Gasteiger partial charge in [-0.05, 0) is 80.9 Å². The first-order chi connectivity index (χ1) is 28.3. The van der Waals surface area contributed by atoms with E-state index in [0.717, 1.165) is 44.1 Å². The second-order valence-electron chi connectivity index (χ2n) is 14.8. The number of para-hydroxylation sites is 1. The first-order valence-electron chi connectivity index (χ1n) is 19.3. The quantitative estimate of drug-likeness (QED) is 0.180. The summed E-state index contributed by atoms with van der Waals surface area (Å²) in [7, 11) is 0. The number of nitrogens with zero attached hydrogens (tertiary/aromatic N) is 4. The minimum absolute atomic E-state index is 0.503. The predicted octanol–water partition coefficient (Wildman–Crippen LogP) is 12.8. The fraction of sp³-hybridized carbons (Fsp3) is 0.0192. The maximum Gasteiger partial charge on any atom is 0.238 e. The zero-order valence-electron chi connectivity index (χ0n) is 30.7. The smallest absolute Gasteiger partial charge is 0.238 e. The molecule has 2 aromatic heterocycles. The van der Waals surface area contributed by atoms with Gasteiger partial charge in [-0.3, -0.25) is 4.57 Å². The van der Waals surface area contributed by atoms with Crippen LogP contribution >= 0.6 is 11.8 Å². The van der Waals surface area contributed by atoms with E-state index in [1.807, 2.05) is 36.0 Å². The third-order valence-electron chi connectivity index (χ3n) is 11.7. The van der Waals surface area contributed by atoms with Crippen molar-refractivity contribution in [3.63, 3.8) is 0 Å².